The molecule has 1 fully saturated rings. The minimum atomic E-state index is -4.58. The molecule has 7 nitrogen and oxygen atoms in total. The summed E-state index contributed by atoms with van der Waals surface area (Å²) in [5.74, 6) is -0.524. The lowest BCUT2D eigenvalue weighted by Crippen LogP contribution is -2.41. The van der Waals surface area contributed by atoms with E-state index in [4.69, 9.17) is 4.74 Å². The lowest BCUT2D eigenvalue weighted by atomic mass is 10.3. The summed E-state index contributed by atoms with van der Waals surface area (Å²) >= 11 is 0. The van der Waals surface area contributed by atoms with Gasteiger partial charge in [0.2, 0.25) is 0 Å². The van der Waals surface area contributed by atoms with Gasteiger partial charge in [-0.05, 0) is 13.0 Å². The summed E-state index contributed by atoms with van der Waals surface area (Å²) in [6, 6.07) is 2.16. The Morgan fingerprint density at radius 2 is 2.04 bits per heavy atom. The monoisotopic (exact) mass is 357 g/mol. The summed E-state index contributed by atoms with van der Waals surface area (Å²) < 4.78 is 45.2. The average Bonchev–Trinajstić information content (AvgIpc) is 2.98. The third-order valence-corrected chi connectivity index (χ3v) is 3.90. The van der Waals surface area contributed by atoms with E-state index >= 15 is 0 Å². The zero-order valence-electron chi connectivity index (χ0n) is 13.6. The first kappa shape index (κ1) is 17.6. The number of ether oxygens (including phenoxy) is 1. The number of alkyl halides is 3. The topological polar surface area (TPSA) is 71.8 Å². The quantitative estimate of drug-likeness (QED) is 0.888. The first-order chi connectivity index (χ1) is 11.8. The molecule has 2 aromatic rings. The molecule has 2 aromatic heterocycles. The van der Waals surface area contributed by atoms with E-state index in [1.807, 2.05) is 0 Å². The van der Waals surface area contributed by atoms with Crippen LogP contribution in [0.1, 0.15) is 21.9 Å². The second-order valence-electron chi connectivity index (χ2n) is 5.79. The highest BCUT2D eigenvalue weighted by atomic mass is 19.4. The van der Waals surface area contributed by atoms with Crippen LogP contribution in [-0.2, 0) is 10.9 Å². The maximum absolute atomic E-state index is 13.1. The summed E-state index contributed by atoms with van der Waals surface area (Å²) in [6.07, 6.45) is -4.58. The number of amides is 1. The number of nitrogens with one attached hydrogen (secondary N) is 1. The Hall–Kier alpha value is -2.20. The van der Waals surface area contributed by atoms with E-state index < -0.39 is 17.8 Å². The molecular weight excluding hydrogens is 339 g/mol. The molecule has 0 saturated carbocycles. The maximum atomic E-state index is 13.1. The molecule has 1 amide bonds. The number of rotatable bonds is 4. The molecule has 25 heavy (non-hydrogen) atoms. The fourth-order valence-electron chi connectivity index (χ4n) is 2.66. The van der Waals surface area contributed by atoms with Crippen molar-refractivity contribution in [3.8, 4) is 0 Å². The molecule has 0 unspecified atom stereocenters. The summed E-state index contributed by atoms with van der Waals surface area (Å²) in [4.78, 5) is 18.3. The van der Waals surface area contributed by atoms with Crippen molar-refractivity contribution in [1.82, 2.24) is 24.8 Å². The van der Waals surface area contributed by atoms with Crippen LogP contribution in [0, 0.1) is 6.92 Å². The van der Waals surface area contributed by atoms with Gasteiger partial charge < -0.3 is 10.1 Å². The average molecular weight is 357 g/mol. The molecule has 1 saturated heterocycles. The molecule has 0 spiro atoms. The molecule has 3 rings (SSSR count). The number of aryl methyl sites for hydroxylation is 1. The molecule has 1 aliphatic rings. The molecule has 0 aliphatic carbocycles. The largest absolute Gasteiger partial charge is 0.433 e. The molecule has 3 heterocycles. The van der Waals surface area contributed by atoms with Crippen LogP contribution in [0.5, 0.6) is 0 Å². The van der Waals surface area contributed by atoms with Crippen LogP contribution in [0.2, 0.25) is 0 Å². The van der Waals surface area contributed by atoms with E-state index in [0.29, 0.717) is 30.8 Å². The first-order valence-electron chi connectivity index (χ1n) is 7.87. The lowest BCUT2D eigenvalue weighted by Gasteiger charge is -2.26. The molecular formula is C15H18F3N5O2. The fraction of sp³-hybridized carbons (Fsp3) is 0.533. The van der Waals surface area contributed by atoms with E-state index in [1.165, 1.54) is 13.0 Å². The number of morpholine rings is 1. The molecule has 0 bridgehead atoms. The number of aromatic nitrogens is 3. The highest BCUT2D eigenvalue weighted by Crippen LogP contribution is 2.29. The smallest absolute Gasteiger partial charge is 0.379 e. The van der Waals surface area contributed by atoms with Crippen LogP contribution in [0.4, 0.5) is 13.2 Å². The Kier molecular flexibility index (Phi) is 4.91. The van der Waals surface area contributed by atoms with Crippen LogP contribution in [0.3, 0.4) is 0 Å². The first-order valence-corrected chi connectivity index (χ1v) is 7.87. The SMILES string of the molecule is Cc1cc(C(F)(F)F)n2nc(C(=O)NCCN3CCOCC3)cc2n1. The van der Waals surface area contributed by atoms with Crippen LogP contribution in [0.15, 0.2) is 12.1 Å². The van der Waals surface area contributed by atoms with E-state index in [-0.39, 0.29) is 17.0 Å². The Morgan fingerprint density at radius 3 is 2.72 bits per heavy atom. The van der Waals surface area contributed by atoms with Crippen molar-refractivity contribution in [3.63, 3.8) is 0 Å². The molecule has 136 valence electrons. The summed E-state index contributed by atoms with van der Waals surface area (Å²) in [7, 11) is 0. The Bertz CT molecular complexity index is 768. The summed E-state index contributed by atoms with van der Waals surface area (Å²) in [5.41, 5.74) is -0.849. The van der Waals surface area contributed by atoms with E-state index in [2.05, 4.69) is 20.3 Å². The van der Waals surface area contributed by atoms with Crippen molar-refractivity contribution in [2.24, 2.45) is 0 Å². The maximum Gasteiger partial charge on any atom is 0.433 e. The lowest BCUT2D eigenvalue weighted by molar-refractivity contribution is -0.142. The zero-order valence-corrected chi connectivity index (χ0v) is 13.6. The van der Waals surface area contributed by atoms with Gasteiger partial charge >= 0.3 is 6.18 Å². The van der Waals surface area contributed by atoms with Crippen LogP contribution in [0.25, 0.3) is 5.65 Å². The third-order valence-electron chi connectivity index (χ3n) is 3.90. The molecule has 0 atom stereocenters. The number of hydrogen-bond acceptors (Lipinski definition) is 5. The molecule has 10 heteroatoms. The van der Waals surface area contributed by atoms with Crippen molar-refractivity contribution in [3.05, 3.63) is 29.2 Å². The Balaban J connectivity index is 1.71. The number of carbonyl (C=O) groups is 1. The van der Waals surface area contributed by atoms with Gasteiger partial charge in [-0.25, -0.2) is 9.50 Å². The second-order valence-corrected chi connectivity index (χ2v) is 5.79. The number of fused-ring (bicyclic) bond motifs is 1. The van der Waals surface area contributed by atoms with Crippen molar-refractivity contribution < 1.29 is 22.7 Å². The summed E-state index contributed by atoms with van der Waals surface area (Å²) in [6.45, 7) is 5.39. The van der Waals surface area contributed by atoms with Gasteiger partial charge in [0.05, 0.1) is 13.2 Å². The van der Waals surface area contributed by atoms with Crippen molar-refractivity contribution in [1.29, 1.82) is 0 Å². The van der Waals surface area contributed by atoms with Crippen LogP contribution in [-0.4, -0.2) is 64.8 Å². The number of halogens is 3. The predicted molar refractivity (Wildman–Crippen MR) is 82.3 cm³/mol. The van der Waals surface area contributed by atoms with Gasteiger partial charge in [0.15, 0.2) is 11.3 Å². The normalized spacial score (nSPS) is 16.3. The zero-order chi connectivity index (χ0) is 18.0. The van der Waals surface area contributed by atoms with Crippen LogP contribution < -0.4 is 5.32 Å². The van der Waals surface area contributed by atoms with Gasteiger partial charge in [0, 0.05) is 37.9 Å². The van der Waals surface area contributed by atoms with Crippen molar-refractivity contribution in [2.75, 3.05) is 39.4 Å². The summed E-state index contributed by atoms with van der Waals surface area (Å²) in [5, 5.41) is 6.45. The Labute approximate surface area is 141 Å². The highest BCUT2D eigenvalue weighted by Gasteiger charge is 2.35. The molecule has 0 radical (unpaired) electrons. The van der Waals surface area contributed by atoms with Crippen molar-refractivity contribution in [2.45, 2.75) is 13.1 Å². The van der Waals surface area contributed by atoms with Gasteiger partial charge in [-0.3, -0.25) is 9.69 Å². The minimum Gasteiger partial charge on any atom is -0.379 e. The van der Waals surface area contributed by atoms with Gasteiger partial charge in [0.1, 0.15) is 5.69 Å². The number of hydrogen-bond donors (Lipinski definition) is 1. The minimum absolute atomic E-state index is 0.00865. The van der Waals surface area contributed by atoms with E-state index in [9.17, 15) is 18.0 Å². The predicted octanol–water partition coefficient (Wildman–Crippen LogP) is 1.12. The van der Waals surface area contributed by atoms with Crippen molar-refractivity contribution >= 4 is 11.6 Å². The van der Waals surface area contributed by atoms with E-state index in [1.54, 1.807) is 0 Å². The van der Waals surface area contributed by atoms with Crippen LogP contribution >= 0.6 is 0 Å². The third kappa shape index (κ3) is 4.07. The Morgan fingerprint density at radius 1 is 1.32 bits per heavy atom. The highest BCUT2D eigenvalue weighted by molar-refractivity contribution is 5.93. The molecule has 0 aromatic carbocycles. The standard InChI is InChI=1S/C15H18F3N5O2/c1-10-8-12(15(16,17)18)23-13(20-10)9-11(21-23)14(24)19-2-3-22-4-6-25-7-5-22/h8-9H,2-7H2,1H3,(H,19,24). The second kappa shape index (κ2) is 6.96. The number of nitrogens with zero attached hydrogens (tertiary/aromatic N) is 4. The number of carbonyl (C=O) groups excluding carboxylic acids is 1. The van der Waals surface area contributed by atoms with Gasteiger partial charge in [-0.1, -0.05) is 0 Å². The van der Waals surface area contributed by atoms with Gasteiger partial charge in [-0.2, -0.15) is 18.3 Å². The van der Waals surface area contributed by atoms with Gasteiger partial charge in [0.25, 0.3) is 5.91 Å². The van der Waals surface area contributed by atoms with E-state index in [0.717, 1.165) is 19.2 Å². The molecule has 1 aliphatic heterocycles. The molecule has 1 N–H and O–H groups in total. The fourth-order valence-corrected chi connectivity index (χ4v) is 2.66. The van der Waals surface area contributed by atoms with Gasteiger partial charge in [-0.15, -0.1) is 0 Å².